The van der Waals surface area contributed by atoms with Crippen molar-refractivity contribution in [3.8, 4) is 5.75 Å². The maximum atomic E-state index is 12.2. The first kappa shape index (κ1) is 19.5. The Kier molecular flexibility index (Phi) is 6.03. The summed E-state index contributed by atoms with van der Waals surface area (Å²) < 4.78 is 10.3. The van der Waals surface area contributed by atoms with E-state index in [2.05, 4.69) is 26.1 Å². The van der Waals surface area contributed by atoms with Crippen molar-refractivity contribution in [3.05, 3.63) is 59.2 Å². The van der Waals surface area contributed by atoms with E-state index in [9.17, 15) is 9.59 Å². The average Bonchev–Trinajstić information content (AvgIpc) is 2.59. The molecule has 0 atom stereocenters. The molecule has 0 bridgehead atoms. The standard InChI is InChI=1S/C21H25NO4/c1-14-6-11-18(25-5)17(12-14)20(24)26-13-19(23)22-16-9-7-15(8-10-16)21(2,3)4/h6-12H,13H2,1-5H3,(H,22,23). The molecule has 1 amide bonds. The third kappa shape index (κ3) is 5.09. The summed E-state index contributed by atoms with van der Waals surface area (Å²) >= 11 is 0. The third-order valence-corrected chi connectivity index (χ3v) is 3.94. The summed E-state index contributed by atoms with van der Waals surface area (Å²) in [6.07, 6.45) is 0. The molecule has 5 nitrogen and oxygen atoms in total. The molecule has 0 aliphatic carbocycles. The van der Waals surface area contributed by atoms with Gasteiger partial charge >= 0.3 is 5.97 Å². The van der Waals surface area contributed by atoms with Crippen LogP contribution in [0.2, 0.25) is 0 Å². The predicted molar refractivity (Wildman–Crippen MR) is 102 cm³/mol. The van der Waals surface area contributed by atoms with E-state index in [1.54, 1.807) is 12.1 Å². The van der Waals surface area contributed by atoms with Gasteiger partial charge < -0.3 is 14.8 Å². The number of hydrogen-bond donors (Lipinski definition) is 1. The number of methoxy groups -OCH3 is 1. The quantitative estimate of drug-likeness (QED) is 0.820. The Labute approximate surface area is 154 Å². The van der Waals surface area contributed by atoms with Crippen molar-refractivity contribution in [2.24, 2.45) is 0 Å². The molecule has 26 heavy (non-hydrogen) atoms. The zero-order valence-electron chi connectivity index (χ0n) is 15.9. The molecule has 138 valence electrons. The summed E-state index contributed by atoms with van der Waals surface area (Å²) in [7, 11) is 1.48. The van der Waals surface area contributed by atoms with E-state index in [1.165, 1.54) is 12.7 Å². The van der Waals surface area contributed by atoms with Gasteiger partial charge in [0.05, 0.1) is 7.11 Å². The number of carbonyl (C=O) groups is 2. The lowest BCUT2D eigenvalue weighted by atomic mass is 9.87. The van der Waals surface area contributed by atoms with Gasteiger partial charge in [0.25, 0.3) is 5.91 Å². The molecule has 2 aromatic carbocycles. The Bertz CT molecular complexity index is 789. The van der Waals surface area contributed by atoms with E-state index in [-0.39, 0.29) is 12.0 Å². The fourth-order valence-corrected chi connectivity index (χ4v) is 2.44. The number of carbonyl (C=O) groups excluding carboxylic acids is 2. The van der Waals surface area contributed by atoms with Crippen LogP contribution >= 0.6 is 0 Å². The van der Waals surface area contributed by atoms with Crippen LogP contribution in [0, 0.1) is 6.92 Å². The second-order valence-corrected chi connectivity index (χ2v) is 7.16. The molecule has 0 unspecified atom stereocenters. The van der Waals surface area contributed by atoms with Crippen molar-refractivity contribution in [2.45, 2.75) is 33.1 Å². The topological polar surface area (TPSA) is 64.6 Å². The van der Waals surface area contributed by atoms with Gasteiger partial charge in [-0.1, -0.05) is 44.5 Å². The highest BCUT2D eigenvalue weighted by Crippen LogP contribution is 2.23. The minimum atomic E-state index is -0.594. The molecule has 2 aromatic rings. The van der Waals surface area contributed by atoms with Gasteiger partial charge in [0, 0.05) is 5.69 Å². The number of hydrogen-bond acceptors (Lipinski definition) is 4. The molecular formula is C21H25NO4. The highest BCUT2D eigenvalue weighted by molar-refractivity contribution is 5.96. The summed E-state index contributed by atoms with van der Waals surface area (Å²) in [5.41, 5.74) is 3.09. The van der Waals surface area contributed by atoms with Crippen molar-refractivity contribution >= 4 is 17.6 Å². The van der Waals surface area contributed by atoms with Gasteiger partial charge in [-0.3, -0.25) is 4.79 Å². The largest absolute Gasteiger partial charge is 0.496 e. The number of nitrogens with one attached hydrogen (secondary N) is 1. The number of benzene rings is 2. The molecule has 1 N–H and O–H groups in total. The van der Waals surface area contributed by atoms with Gasteiger partial charge in [-0.25, -0.2) is 4.79 Å². The normalized spacial score (nSPS) is 11.0. The van der Waals surface area contributed by atoms with E-state index < -0.39 is 11.9 Å². The second kappa shape index (κ2) is 8.04. The van der Waals surface area contributed by atoms with E-state index >= 15 is 0 Å². The highest BCUT2D eigenvalue weighted by atomic mass is 16.5. The summed E-state index contributed by atoms with van der Waals surface area (Å²) in [6.45, 7) is 7.87. The number of amides is 1. The van der Waals surface area contributed by atoms with Gasteiger partial charge in [0.1, 0.15) is 11.3 Å². The Morgan fingerprint density at radius 1 is 1.04 bits per heavy atom. The van der Waals surface area contributed by atoms with Crippen LogP contribution in [0.15, 0.2) is 42.5 Å². The monoisotopic (exact) mass is 355 g/mol. The van der Waals surface area contributed by atoms with Crippen molar-refractivity contribution in [3.63, 3.8) is 0 Å². The Morgan fingerprint density at radius 2 is 1.69 bits per heavy atom. The molecule has 5 heteroatoms. The van der Waals surface area contributed by atoms with Crippen LogP contribution in [-0.2, 0) is 14.9 Å². The second-order valence-electron chi connectivity index (χ2n) is 7.16. The molecule has 0 saturated heterocycles. The number of aryl methyl sites for hydroxylation is 1. The summed E-state index contributed by atoms with van der Waals surface area (Å²) in [6, 6.07) is 12.8. The van der Waals surface area contributed by atoms with Gasteiger partial charge in [-0.2, -0.15) is 0 Å². The van der Waals surface area contributed by atoms with Crippen molar-refractivity contribution in [1.29, 1.82) is 0 Å². The van der Waals surface area contributed by atoms with Crippen LogP contribution in [0.1, 0.15) is 42.3 Å². The molecule has 0 aliphatic heterocycles. The molecule has 2 rings (SSSR count). The SMILES string of the molecule is COc1ccc(C)cc1C(=O)OCC(=O)Nc1ccc(C(C)(C)C)cc1. The van der Waals surface area contributed by atoms with Gasteiger partial charge in [-0.15, -0.1) is 0 Å². The smallest absolute Gasteiger partial charge is 0.342 e. The van der Waals surface area contributed by atoms with Gasteiger partial charge in [0.2, 0.25) is 0 Å². The minimum Gasteiger partial charge on any atom is -0.496 e. The first-order chi connectivity index (χ1) is 12.2. The van der Waals surface area contributed by atoms with E-state index in [4.69, 9.17) is 9.47 Å². The van der Waals surface area contributed by atoms with Crippen LogP contribution in [0.25, 0.3) is 0 Å². The zero-order chi connectivity index (χ0) is 19.3. The minimum absolute atomic E-state index is 0.0466. The maximum absolute atomic E-state index is 12.2. The summed E-state index contributed by atoms with van der Waals surface area (Å²) in [5.74, 6) is -0.573. The molecule has 0 aromatic heterocycles. The van der Waals surface area contributed by atoms with Crippen molar-refractivity contribution in [1.82, 2.24) is 0 Å². The molecule has 0 heterocycles. The van der Waals surface area contributed by atoms with E-state index in [1.807, 2.05) is 37.3 Å². The number of ether oxygens (including phenoxy) is 2. The Hall–Kier alpha value is -2.82. The molecule has 0 spiro atoms. The van der Waals surface area contributed by atoms with Crippen LogP contribution in [0.4, 0.5) is 5.69 Å². The van der Waals surface area contributed by atoms with Gasteiger partial charge in [-0.05, 0) is 42.2 Å². The van der Waals surface area contributed by atoms with Crippen LogP contribution in [0.5, 0.6) is 5.75 Å². The molecule has 0 radical (unpaired) electrons. The first-order valence-corrected chi connectivity index (χ1v) is 8.43. The fourth-order valence-electron chi connectivity index (χ4n) is 2.44. The zero-order valence-corrected chi connectivity index (χ0v) is 15.9. The molecule has 0 aliphatic rings. The van der Waals surface area contributed by atoms with E-state index in [0.29, 0.717) is 17.0 Å². The first-order valence-electron chi connectivity index (χ1n) is 8.43. The molecule has 0 saturated carbocycles. The molecular weight excluding hydrogens is 330 g/mol. The Balaban J connectivity index is 1.94. The molecule has 0 fully saturated rings. The lowest BCUT2D eigenvalue weighted by Crippen LogP contribution is -2.21. The highest BCUT2D eigenvalue weighted by Gasteiger charge is 2.16. The number of rotatable bonds is 5. The number of anilines is 1. The van der Waals surface area contributed by atoms with Crippen LogP contribution in [0.3, 0.4) is 0 Å². The lowest BCUT2D eigenvalue weighted by Gasteiger charge is -2.19. The number of esters is 1. The van der Waals surface area contributed by atoms with Crippen molar-refractivity contribution < 1.29 is 19.1 Å². The summed E-state index contributed by atoms with van der Waals surface area (Å²) in [5, 5.41) is 2.72. The van der Waals surface area contributed by atoms with Crippen LogP contribution < -0.4 is 10.1 Å². The lowest BCUT2D eigenvalue weighted by molar-refractivity contribution is -0.119. The van der Waals surface area contributed by atoms with Crippen LogP contribution in [-0.4, -0.2) is 25.6 Å². The Morgan fingerprint density at radius 3 is 2.27 bits per heavy atom. The summed E-state index contributed by atoms with van der Waals surface area (Å²) in [4.78, 5) is 24.2. The van der Waals surface area contributed by atoms with E-state index in [0.717, 1.165) is 5.56 Å². The van der Waals surface area contributed by atoms with Crippen molar-refractivity contribution in [2.75, 3.05) is 19.0 Å². The fraction of sp³-hybridized carbons (Fsp3) is 0.333. The maximum Gasteiger partial charge on any atom is 0.342 e. The average molecular weight is 355 g/mol. The van der Waals surface area contributed by atoms with Gasteiger partial charge in [0.15, 0.2) is 6.61 Å². The predicted octanol–water partition coefficient (Wildman–Crippen LogP) is 4.10. The third-order valence-electron chi connectivity index (χ3n) is 3.94.